The maximum absolute atomic E-state index is 10.9. The van der Waals surface area contributed by atoms with Crippen LogP contribution in [0.5, 0.6) is 0 Å². The molecule has 2 N–H and O–H groups in total. The topological polar surface area (TPSA) is 57.5 Å². The summed E-state index contributed by atoms with van der Waals surface area (Å²) in [6.45, 7) is 1.92. The fourth-order valence-electron chi connectivity index (χ4n) is 1.32. The van der Waals surface area contributed by atoms with Crippen molar-refractivity contribution < 1.29 is 14.8 Å². The van der Waals surface area contributed by atoms with E-state index in [0.717, 1.165) is 0 Å². The molecule has 0 aromatic heterocycles. The van der Waals surface area contributed by atoms with Crippen molar-refractivity contribution in [2.75, 3.05) is 0 Å². The van der Waals surface area contributed by atoms with Gasteiger partial charge in [-0.3, -0.25) is 4.79 Å². The van der Waals surface area contributed by atoms with Crippen LogP contribution in [0.15, 0.2) is 11.5 Å². The minimum Gasteiger partial charge on any atom is -0.423 e. The molecule has 0 spiro atoms. The molecule has 60 valence electrons. The molecule has 0 radical (unpaired) electrons. The maximum atomic E-state index is 10.9. The van der Waals surface area contributed by atoms with Crippen molar-refractivity contribution >= 4 is 12.9 Å². The molecule has 3 nitrogen and oxygen atoms in total. The van der Waals surface area contributed by atoms with Gasteiger partial charge < -0.3 is 10.0 Å². The van der Waals surface area contributed by atoms with Gasteiger partial charge in [-0.2, -0.15) is 0 Å². The Morgan fingerprint density at radius 1 is 1.55 bits per heavy atom. The van der Waals surface area contributed by atoms with Gasteiger partial charge in [0.1, 0.15) is 0 Å². The second kappa shape index (κ2) is 3.20. The molecule has 0 fully saturated rings. The van der Waals surface area contributed by atoms with E-state index in [4.69, 9.17) is 10.0 Å². The van der Waals surface area contributed by atoms with Gasteiger partial charge in [-0.1, -0.05) is 6.92 Å². The first-order valence-corrected chi connectivity index (χ1v) is 3.69. The molecule has 1 aliphatic rings. The highest BCUT2D eigenvalue weighted by atomic mass is 16.4. The third-order valence-corrected chi connectivity index (χ3v) is 1.81. The number of rotatable bonds is 1. The molecule has 0 saturated heterocycles. The second-order valence-electron chi connectivity index (χ2n) is 3.07. The van der Waals surface area contributed by atoms with Gasteiger partial charge in [0.15, 0.2) is 5.78 Å². The van der Waals surface area contributed by atoms with E-state index in [1.165, 1.54) is 6.08 Å². The van der Waals surface area contributed by atoms with Crippen LogP contribution in [0.1, 0.15) is 19.8 Å². The SMILES string of the molecule is CC1CC(=O)C=C(B(O)O)C1. The second-order valence-corrected chi connectivity index (χ2v) is 3.07. The highest BCUT2D eigenvalue weighted by Gasteiger charge is 2.23. The smallest absolute Gasteiger partial charge is 0.423 e. The predicted molar refractivity (Wildman–Crippen MR) is 41.7 cm³/mol. The largest absolute Gasteiger partial charge is 0.484 e. The first-order valence-electron chi connectivity index (χ1n) is 3.69. The average Bonchev–Trinajstić information content (AvgIpc) is 1.85. The van der Waals surface area contributed by atoms with Gasteiger partial charge in [0.2, 0.25) is 0 Å². The van der Waals surface area contributed by atoms with E-state index in [1.54, 1.807) is 0 Å². The van der Waals surface area contributed by atoms with Crippen LogP contribution in [-0.2, 0) is 4.79 Å². The quantitative estimate of drug-likeness (QED) is 0.519. The van der Waals surface area contributed by atoms with E-state index in [0.29, 0.717) is 18.3 Å². The number of carbonyl (C=O) groups excluding carboxylic acids is 1. The molecule has 0 bridgehead atoms. The summed E-state index contributed by atoms with van der Waals surface area (Å²) in [7, 11) is -1.46. The number of allylic oxidation sites excluding steroid dienone is 2. The number of ketones is 1. The molecule has 1 atom stereocenters. The van der Waals surface area contributed by atoms with Gasteiger partial charge in [0.05, 0.1) is 0 Å². The Morgan fingerprint density at radius 2 is 2.18 bits per heavy atom. The summed E-state index contributed by atoms with van der Waals surface area (Å²) in [5.41, 5.74) is 0.439. The Kier molecular flexibility index (Phi) is 2.47. The summed E-state index contributed by atoms with van der Waals surface area (Å²) in [5, 5.41) is 17.5. The van der Waals surface area contributed by atoms with Crippen LogP contribution in [0.4, 0.5) is 0 Å². The molecule has 0 saturated carbocycles. The highest BCUT2D eigenvalue weighted by molar-refractivity contribution is 6.51. The van der Waals surface area contributed by atoms with Crippen molar-refractivity contribution in [1.82, 2.24) is 0 Å². The molecule has 0 amide bonds. The lowest BCUT2D eigenvalue weighted by Gasteiger charge is -2.17. The maximum Gasteiger partial charge on any atom is 0.484 e. The zero-order valence-corrected chi connectivity index (χ0v) is 6.45. The van der Waals surface area contributed by atoms with Crippen molar-refractivity contribution in [3.05, 3.63) is 11.5 Å². The summed E-state index contributed by atoms with van der Waals surface area (Å²) < 4.78 is 0. The van der Waals surface area contributed by atoms with Crippen LogP contribution < -0.4 is 0 Å². The fourth-order valence-corrected chi connectivity index (χ4v) is 1.32. The lowest BCUT2D eigenvalue weighted by molar-refractivity contribution is -0.115. The van der Waals surface area contributed by atoms with E-state index in [-0.39, 0.29) is 11.7 Å². The van der Waals surface area contributed by atoms with Gasteiger partial charge >= 0.3 is 7.12 Å². The average molecular weight is 154 g/mol. The molecule has 4 heteroatoms. The Labute approximate surface area is 65.9 Å². The van der Waals surface area contributed by atoms with Gasteiger partial charge in [-0.15, -0.1) is 0 Å². The summed E-state index contributed by atoms with van der Waals surface area (Å²) >= 11 is 0. The molecule has 0 aromatic carbocycles. The fraction of sp³-hybridized carbons (Fsp3) is 0.571. The predicted octanol–water partition coefficient (Wildman–Crippen LogP) is -0.0762. The number of hydrogen-bond donors (Lipinski definition) is 2. The van der Waals surface area contributed by atoms with E-state index < -0.39 is 7.12 Å². The van der Waals surface area contributed by atoms with Crippen LogP contribution in [0.25, 0.3) is 0 Å². The van der Waals surface area contributed by atoms with E-state index in [9.17, 15) is 4.79 Å². The molecule has 0 aliphatic heterocycles. The standard InChI is InChI=1S/C7H11BO3/c1-5-2-6(8(10)11)4-7(9)3-5/h4-5,10-11H,2-3H2,1H3. The van der Waals surface area contributed by atoms with E-state index in [1.807, 2.05) is 6.92 Å². The first-order chi connectivity index (χ1) is 5.09. The monoisotopic (exact) mass is 154 g/mol. The first kappa shape index (κ1) is 8.49. The Hall–Kier alpha value is -0.605. The van der Waals surface area contributed by atoms with Crippen molar-refractivity contribution in [3.8, 4) is 0 Å². The van der Waals surface area contributed by atoms with Crippen LogP contribution in [0, 0.1) is 5.92 Å². The number of carbonyl (C=O) groups is 1. The van der Waals surface area contributed by atoms with Gasteiger partial charge in [0.25, 0.3) is 0 Å². The van der Waals surface area contributed by atoms with Gasteiger partial charge in [0, 0.05) is 6.42 Å². The van der Waals surface area contributed by atoms with E-state index >= 15 is 0 Å². The molecular formula is C7H11BO3. The molecular weight excluding hydrogens is 143 g/mol. The van der Waals surface area contributed by atoms with Crippen molar-refractivity contribution in [2.45, 2.75) is 19.8 Å². The third kappa shape index (κ3) is 2.17. The van der Waals surface area contributed by atoms with Crippen LogP contribution in [-0.4, -0.2) is 22.9 Å². The van der Waals surface area contributed by atoms with Crippen molar-refractivity contribution in [2.24, 2.45) is 5.92 Å². The van der Waals surface area contributed by atoms with Crippen LogP contribution >= 0.6 is 0 Å². The minimum absolute atomic E-state index is 0.00755. The normalized spacial score (nSPS) is 24.8. The molecule has 0 heterocycles. The number of hydrogen-bond acceptors (Lipinski definition) is 3. The molecule has 11 heavy (non-hydrogen) atoms. The Bertz CT molecular complexity index is 198. The molecule has 1 unspecified atom stereocenters. The van der Waals surface area contributed by atoms with Crippen molar-refractivity contribution in [3.63, 3.8) is 0 Å². The lowest BCUT2D eigenvalue weighted by atomic mass is 9.70. The third-order valence-electron chi connectivity index (χ3n) is 1.81. The lowest BCUT2D eigenvalue weighted by Crippen LogP contribution is -2.23. The molecule has 1 rings (SSSR count). The summed E-state index contributed by atoms with van der Waals surface area (Å²) in [5.74, 6) is 0.233. The molecule has 0 aromatic rings. The summed E-state index contributed by atoms with van der Waals surface area (Å²) in [6, 6.07) is 0. The summed E-state index contributed by atoms with van der Waals surface area (Å²) in [4.78, 5) is 10.9. The van der Waals surface area contributed by atoms with Crippen LogP contribution in [0.2, 0.25) is 0 Å². The Morgan fingerprint density at radius 3 is 2.64 bits per heavy atom. The van der Waals surface area contributed by atoms with Crippen LogP contribution in [0.3, 0.4) is 0 Å². The molecule has 1 aliphatic carbocycles. The zero-order valence-electron chi connectivity index (χ0n) is 6.45. The van der Waals surface area contributed by atoms with Crippen molar-refractivity contribution in [1.29, 1.82) is 0 Å². The highest BCUT2D eigenvalue weighted by Crippen LogP contribution is 2.21. The summed E-state index contributed by atoms with van der Waals surface area (Å²) in [6.07, 6.45) is 2.48. The van der Waals surface area contributed by atoms with E-state index in [2.05, 4.69) is 0 Å². The Balaban J connectivity index is 2.72. The zero-order chi connectivity index (χ0) is 8.43. The van der Waals surface area contributed by atoms with Gasteiger partial charge in [-0.05, 0) is 23.9 Å². The van der Waals surface area contributed by atoms with Gasteiger partial charge in [-0.25, -0.2) is 0 Å². The minimum atomic E-state index is -1.46.